The first-order chi connectivity index (χ1) is 9.04. The molecule has 0 aliphatic carbocycles. The van der Waals surface area contributed by atoms with Crippen molar-refractivity contribution in [3.05, 3.63) is 0 Å². The van der Waals surface area contributed by atoms with Gasteiger partial charge in [-0.3, -0.25) is 4.79 Å². The maximum Gasteiger partial charge on any atom is 0.328 e. The fraction of sp³-hybridized carbons (Fsp3) is 0.857. The number of piperidine rings is 1. The van der Waals surface area contributed by atoms with Crippen LogP contribution in [0.1, 0.15) is 39.5 Å². The third-order valence-electron chi connectivity index (χ3n) is 3.68. The number of hydrogen-bond acceptors (Lipinski definition) is 4. The van der Waals surface area contributed by atoms with E-state index < -0.39 is 6.04 Å². The van der Waals surface area contributed by atoms with Gasteiger partial charge >= 0.3 is 5.97 Å². The molecule has 1 aliphatic rings. The third-order valence-corrected chi connectivity index (χ3v) is 3.68. The lowest BCUT2D eigenvalue weighted by molar-refractivity contribution is -0.146. The fourth-order valence-corrected chi connectivity index (χ4v) is 2.38. The zero-order valence-corrected chi connectivity index (χ0v) is 12.2. The van der Waals surface area contributed by atoms with Crippen molar-refractivity contribution in [1.29, 1.82) is 0 Å². The van der Waals surface area contributed by atoms with Gasteiger partial charge in [0.25, 0.3) is 0 Å². The highest BCUT2D eigenvalue weighted by molar-refractivity contribution is 5.84. The molecule has 110 valence electrons. The lowest BCUT2D eigenvalue weighted by Crippen LogP contribution is -2.45. The Morgan fingerprint density at radius 3 is 2.47 bits per heavy atom. The van der Waals surface area contributed by atoms with E-state index >= 15 is 0 Å². The van der Waals surface area contributed by atoms with Gasteiger partial charge < -0.3 is 15.4 Å². The van der Waals surface area contributed by atoms with Gasteiger partial charge in [-0.25, -0.2) is 4.79 Å². The molecule has 1 atom stereocenters. The van der Waals surface area contributed by atoms with Crippen LogP contribution in [0.5, 0.6) is 0 Å². The summed E-state index contributed by atoms with van der Waals surface area (Å²) in [6.45, 7) is 5.88. The standard InChI is InChI=1S/C14H26N2O3/c1-10(2)13(14(18)19-3)16-12(17)5-4-11-6-8-15-9-7-11/h10-11,13,15H,4-9H2,1-3H3,(H,16,17). The molecule has 0 aromatic heterocycles. The van der Waals surface area contributed by atoms with Gasteiger partial charge in [-0.1, -0.05) is 13.8 Å². The summed E-state index contributed by atoms with van der Waals surface area (Å²) < 4.78 is 4.71. The molecule has 0 saturated carbocycles. The maximum absolute atomic E-state index is 11.9. The molecule has 1 unspecified atom stereocenters. The van der Waals surface area contributed by atoms with Gasteiger partial charge in [0.05, 0.1) is 7.11 Å². The average molecular weight is 270 g/mol. The van der Waals surface area contributed by atoms with Crippen LogP contribution in [0.15, 0.2) is 0 Å². The molecular weight excluding hydrogens is 244 g/mol. The Morgan fingerprint density at radius 2 is 1.95 bits per heavy atom. The van der Waals surface area contributed by atoms with Crippen molar-refractivity contribution in [1.82, 2.24) is 10.6 Å². The number of hydrogen-bond donors (Lipinski definition) is 2. The van der Waals surface area contributed by atoms with Crippen molar-refractivity contribution >= 4 is 11.9 Å². The second-order valence-electron chi connectivity index (χ2n) is 5.54. The highest BCUT2D eigenvalue weighted by Gasteiger charge is 2.25. The smallest absolute Gasteiger partial charge is 0.328 e. The first-order valence-corrected chi connectivity index (χ1v) is 7.12. The number of nitrogens with one attached hydrogen (secondary N) is 2. The number of carbonyl (C=O) groups is 2. The van der Waals surface area contributed by atoms with Crippen molar-refractivity contribution in [2.24, 2.45) is 11.8 Å². The first-order valence-electron chi connectivity index (χ1n) is 7.12. The first kappa shape index (κ1) is 16.0. The van der Waals surface area contributed by atoms with Gasteiger partial charge in [0, 0.05) is 6.42 Å². The molecule has 1 amide bonds. The topological polar surface area (TPSA) is 67.4 Å². The van der Waals surface area contributed by atoms with Gasteiger partial charge in [0.15, 0.2) is 0 Å². The quantitative estimate of drug-likeness (QED) is 0.709. The monoisotopic (exact) mass is 270 g/mol. The third kappa shape index (κ3) is 5.59. The minimum Gasteiger partial charge on any atom is -0.467 e. The molecular formula is C14H26N2O3. The van der Waals surface area contributed by atoms with Gasteiger partial charge in [0.2, 0.25) is 5.91 Å². The molecule has 0 aromatic rings. The summed E-state index contributed by atoms with van der Waals surface area (Å²) in [4.78, 5) is 23.4. The van der Waals surface area contributed by atoms with E-state index in [2.05, 4.69) is 10.6 Å². The molecule has 1 aliphatic heterocycles. The Balaban J connectivity index is 2.33. The predicted molar refractivity (Wildman–Crippen MR) is 73.6 cm³/mol. The van der Waals surface area contributed by atoms with Crippen LogP contribution in [0, 0.1) is 11.8 Å². The maximum atomic E-state index is 11.9. The van der Waals surface area contributed by atoms with Crippen molar-refractivity contribution < 1.29 is 14.3 Å². The van der Waals surface area contributed by atoms with Crippen LogP contribution in [-0.4, -0.2) is 38.1 Å². The Kier molecular flexibility index (Phi) is 6.84. The molecule has 1 fully saturated rings. The van der Waals surface area contributed by atoms with Crippen molar-refractivity contribution in [3.63, 3.8) is 0 Å². The minimum atomic E-state index is -0.537. The van der Waals surface area contributed by atoms with Gasteiger partial charge in [-0.2, -0.15) is 0 Å². The molecule has 1 rings (SSSR count). The summed E-state index contributed by atoms with van der Waals surface area (Å²) in [6, 6.07) is -0.537. The van der Waals surface area contributed by atoms with E-state index in [1.165, 1.54) is 7.11 Å². The van der Waals surface area contributed by atoms with E-state index in [1.54, 1.807) is 0 Å². The summed E-state index contributed by atoms with van der Waals surface area (Å²) >= 11 is 0. The Labute approximate surface area is 115 Å². The number of methoxy groups -OCH3 is 1. The summed E-state index contributed by atoms with van der Waals surface area (Å²) in [5, 5.41) is 6.09. The number of esters is 1. The summed E-state index contributed by atoms with van der Waals surface area (Å²) in [5.74, 6) is 0.241. The largest absolute Gasteiger partial charge is 0.467 e. The predicted octanol–water partition coefficient (Wildman–Crippen LogP) is 1.08. The molecule has 0 spiro atoms. The van der Waals surface area contributed by atoms with Crippen molar-refractivity contribution in [2.75, 3.05) is 20.2 Å². The molecule has 1 heterocycles. The number of amides is 1. The van der Waals surface area contributed by atoms with E-state index in [0.717, 1.165) is 32.4 Å². The number of rotatable bonds is 6. The fourth-order valence-electron chi connectivity index (χ4n) is 2.38. The van der Waals surface area contributed by atoms with Crippen LogP contribution >= 0.6 is 0 Å². The van der Waals surface area contributed by atoms with Crippen LogP contribution < -0.4 is 10.6 Å². The van der Waals surface area contributed by atoms with E-state index in [-0.39, 0.29) is 17.8 Å². The van der Waals surface area contributed by atoms with Crippen LogP contribution in [-0.2, 0) is 14.3 Å². The number of ether oxygens (including phenoxy) is 1. The Morgan fingerprint density at radius 1 is 1.32 bits per heavy atom. The highest BCUT2D eigenvalue weighted by atomic mass is 16.5. The molecule has 5 heteroatoms. The average Bonchev–Trinajstić information content (AvgIpc) is 2.42. The van der Waals surface area contributed by atoms with Gasteiger partial charge in [-0.15, -0.1) is 0 Å². The highest BCUT2D eigenvalue weighted by Crippen LogP contribution is 2.17. The second kappa shape index (κ2) is 8.15. The lowest BCUT2D eigenvalue weighted by Gasteiger charge is -2.23. The van der Waals surface area contributed by atoms with Gasteiger partial charge in [-0.05, 0) is 44.2 Å². The van der Waals surface area contributed by atoms with E-state index in [0.29, 0.717) is 12.3 Å². The molecule has 5 nitrogen and oxygen atoms in total. The Hall–Kier alpha value is -1.10. The molecule has 19 heavy (non-hydrogen) atoms. The summed E-state index contributed by atoms with van der Waals surface area (Å²) in [6.07, 6.45) is 3.67. The summed E-state index contributed by atoms with van der Waals surface area (Å²) in [5.41, 5.74) is 0. The zero-order valence-electron chi connectivity index (χ0n) is 12.2. The van der Waals surface area contributed by atoms with Crippen LogP contribution in [0.2, 0.25) is 0 Å². The molecule has 1 saturated heterocycles. The minimum absolute atomic E-state index is 0.0373. The van der Waals surface area contributed by atoms with E-state index in [9.17, 15) is 9.59 Å². The summed E-state index contributed by atoms with van der Waals surface area (Å²) in [7, 11) is 1.35. The lowest BCUT2D eigenvalue weighted by atomic mass is 9.93. The Bertz CT molecular complexity index is 299. The van der Waals surface area contributed by atoms with Crippen molar-refractivity contribution in [2.45, 2.75) is 45.6 Å². The molecule has 2 N–H and O–H groups in total. The van der Waals surface area contributed by atoms with E-state index in [1.807, 2.05) is 13.8 Å². The second-order valence-corrected chi connectivity index (χ2v) is 5.54. The molecule has 0 radical (unpaired) electrons. The number of carbonyl (C=O) groups excluding carboxylic acids is 2. The van der Waals surface area contributed by atoms with Crippen LogP contribution in [0.3, 0.4) is 0 Å². The SMILES string of the molecule is COC(=O)C(NC(=O)CCC1CCNCC1)C(C)C. The molecule has 0 aromatic carbocycles. The van der Waals surface area contributed by atoms with E-state index in [4.69, 9.17) is 4.74 Å². The van der Waals surface area contributed by atoms with Crippen LogP contribution in [0.4, 0.5) is 0 Å². The van der Waals surface area contributed by atoms with Crippen molar-refractivity contribution in [3.8, 4) is 0 Å². The normalized spacial score (nSPS) is 18.1. The molecule has 0 bridgehead atoms. The zero-order chi connectivity index (χ0) is 14.3. The van der Waals surface area contributed by atoms with Crippen LogP contribution in [0.25, 0.3) is 0 Å². The van der Waals surface area contributed by atoms with Gasteiger partial charge in [0.1, 0.15) is 6.04 Å².